The number of ether oxygens (including phenoxy) is 2. The van der Waals surface area contributed by atoms with Gasteiger partial charge in [0.1, 0.15) is 12.6 Å². The van der Waals surface area contributed by atoms with Crippen molar-refractivity contribution in [1.82, 2.24) is 15.6 Å². The number of rotatable bonds is 6. The van der Waals surface area contributed by atoms with E-state index < -0.39 is 17.7 Å². The summed E-state index contributed by atoms with van der Waals surface area (Å²) >= 11 is 0. The number of carbonyl (C=O) groups excluding carboxylic acids is 3. The van der Waals surface area contributed by atoms with Gasteiger partial charge in [-0.1, -0.05) is 32.1 Å². The van der Waals surface area contributed by atoms with Crippen molar-refractivity contribution in [3.05, 3.63) is 0 Å². The summed E-state index contributed by atoms with van der Waals surface area (Å²) in [6.45, 7) is 1.60. The molecule has 0 radical (unpaired) electrons. The fraction of sp³-hybridized carbons (Fsp3) is 0.826. The fourth-order valence-corrected chi connectivity index (χ4v) is 5.59. The van der Waals surface area contributed by atoms with Crippen LogP contribution in [0.3, 0.4) is 0 Å². The van der Waals surface area contributed by atoms with Crippen molar-refractivity contribution in [1.29, 1.82) is 0 Å². The normalized spacial score (nSPS) is 25.4. The average molecular weight is 485 g/mol. The lowest BCUT2D eigenvalue weighted by molar-refractivity contribution is -0.142. The number of amidine groups is 1. The molecule has 0 aromatic heterocycles. The summed E-state index contributed by atoms with van der Waals surface area (Å²) in [5.74, 6) is -1.78. The molecule has 4 fully saturated rings. The lowest BCUT2D eigenvalue weighted by Gasteiger charge is -2.31. The molecule has 2 saturated carbocycles. The van der Waals surface area contributed by atoms with Crippen molar-refractivity contribution in [2.24, 2.45) is 16.9 Å². The molecule has 186 valence electrons. The molecule has 33 heavy (non-hydrogen) atoms. The molecule has 9 nitrogen and oxygen atoms in total. The lowest BCUT2D eigenvalue weighted by atomic mass is 9.85. The van der Waals surface area contributed by atoms with Gasteiger partial charge in [0.15, 0.2) is 0 Å². The van der Waals surface area contributed by atoms with Crippen LogP contribution in [0.4, 0.5) is 0 Å². The summed E-state index contributed by atoms with van der Waals surface area (Å²) in [5, 5.41) is 7.02. The second kappa shape index (κ2) is 11.5. The van der Waals surface area contributed by atoms with Gasteiger partial charge in [-0.05, 0) is 44.4 Å². The van der Waals surface area contributed by atoms with E-state index in [1.54, 1.807) is 0 Å². The van der Waals surface area contributed by atoms with Crippen molar-refractivity contribution in [3.8, 4) is 0 Å². The van der Waals surface area contributed by atoms with Crippen LogP contribution in [0.1, 0.15) is 70.6 Å². The van der Waals surface area contributed by atoms with Crippen molar-refractivity contribution in [2.45, 2.75) is 82.2 Å². The zero-order chi connectivity index (χ0) is 22.6. The van der Waals surface area contributed by atoms with Crippen LogP contribution in [-0.2, 0) is 23.9 Å². The zero-order valence-corrected chi connectivity index (χ0v) is 20.3. The standard InChI is InChI=1S/C23H36N4O5.ClH/c1-27-22(32-15-23(27)11-5-6-12-23)26-25-21(30)19(28)18(16-9-13-31-14-10-16)24-20(29)17-7-3-2-4-8-17;/h16-18H,2-15H2,1H3,(H,24,29)(H,25,30);1H. The van der Waals surface area contributed by atoms with Gasteiger partial charge in [0.2, 0.25) is 11.7 Å². The van der Waals surface area contributed by atoms with E-state index in [9.17, 15) is 14.4 Å². The van der Waals surface area contributed by atoms with E-state index >= 15 is 0 Å². The number of amides is 2. The molecule has 2 heterocycles. The molecule has 2 amide bonds. The third kappa shape index (κ3) is 5.80. The predicted octanol–water partition coefficient (Wildman–Crippen LogP) is 2.13. The summed E-state index contributed by atoms with van der Waals surface area (Å²) in [5.41, 5.74) is 2.33. The molecule has 0 aromatic carbocycles. The summed E-state index contributed by atoms with van der Waals surface area (Å²) in [7, 11) is 1.92. The summed E-state index contributed by atoms with van der Waals surface area (Å²) in [6.07, 6.45) is 10.5. The number of Topliss-reactive ketones (excluding diaryl/α,β-unsaturated/α-hetero) is 1. The number of hydrogen-bond donors (Lipinski definition) is 2. The topological polar surface area (TPSA) is 109 Å². The Morgan fingerprint density at radius 2 is 1.70 bits per heavy atom. The highest BCUT2D eigenvalue weighted by Crippen LogP contribution is 2.38. The van der Waals surface area contributed by atoms with E-state index in [1.165, 1.54) is 0 Å². The molecule has 0 aromatic rings. The van der Waals surface area contributed by atoms with Crippen molar-refractivity contribution in [2.75, 3.05) is 26.9 Å². The molecule has 2 aliphatic heterocycles. The van der Waals surface area contributed by atoms with E-state index in [0.29, 0.717) is 38.7 Å². The molecule has 2 N–H and O–H groups in total. The Bertz CT molecular complexity index is 743. The van der Waals surface area contributed by atoms with E-state index in [1.807, 2.05) is 11.9 Å². The van der Waals surface area contributed by atoms with Gasteiger partial charge in [0.25, 0.3) is 0 Å². The van der Waals surface area contributed by atoms with Crippen LogP contribution in [0.15, 0.2) is 5.10 Å². The summed E-state index contributed by atoms with van der Waals surface area (Å²) < 4.78 is 11.1. The Balaban J connectivity index is 0.00000306. The predicted molar refractivity (Wildman–Crippen MR) is 125 cm³/mol. The lowest BCUT2D eigenvalue weighted by Crippen LogP contribution is -2.53. The smallest absolute Gasteiger partial charge is 0.309 e. The third-order valence-electron chi connectivity index (χ3n) is 7.77. The van der Waals surface area contributed by atoms with E-state index in [0.717, 1.165) is 57.8 Å². The zero-order valence-electron chi connectivity index (χ0n) is 19.5. The van der Waals surface area contributed by atoms with E-state index in [2.05, 4.69) is 15.8 Å². The Morgan fingerprint density at radius 3 is 2.36 bits per heavy atom. The van der Waals surface area contributed by atoms with Gasteiger partial charge >= 0.3 is 11.9 Å². The van der Waals surface area contributed by atoms with Crippen LogP contribution in [0.25, 0.3) is 0 Å². The van der Waals surface area contributed by atoms with Crippen molar-refractivity contribution < 1.29 is 23.9 Å². The van der Waals surface area contributed by atoms with Gasteiger partial charge in [0, 0.05) is 26.2 Å². The van der Waals surface area contributed by atoms with Crippen LogP contribution in [0, 0.1) is 11.8 Å². The van der Waals surface area contributed by atoms with Crippen LogP contribution in [0.2, 0.25) is 0 Å². The molecular formula is C23H37ClN4O5. The molecule has 1 spiro atoms. The molecule has 2 aliphatic carbocycles. The largest absolute Gasteiger partial charge is 0.461 e. The van der Waals surface area contributed by atoms with Crippen molar-refractivity contribution in [3.63, 3.8) is 0 Å². The molecule has 4 rings (SSSR count). The van der Waals surface area contributed by atoms with Gasteiger partial charge < -0.3 is 19.7 Å². The Hall–Kier alpha value is -1.87. The molecule has 1 atom stereocenters. The first kappa shape index (κ1) is 25.7. The number of ketones is 1. The summed E-state index contributed by atoms with van der Waals surface area (Å²) in [6, 6.07) is -0.515. The number of hydrazone groups is 1. The molecule has 1 unspecified atom stereocenters. The first-order chi connectivity index (χ1) is 15.5. The first-order valence-corrected chi connectivity index (χ1v) is 12.2. The van der Waals surface area contributed by atoms with Gasteiger partial charge in [-0.3, -0.25) is 14.4 Å². The second-order valence-corrected chi connectivity index (χ2v) is 9.75. The Morgan fingerprint density at radius 1 is 1.03 bits per heavy atom. The monoisotopic (exact) mass is 484 g/mol. The van der Waals surface area contributed by atoms with Crippen LogP contribution < -0.4 is 10.7 Å². The SMILES string of the molecule is CN1C(=NNC(=O)C(=O)C(NC(=O)C2CCCCC2)C2CCOCC2)OCC12CCCC2.Cl. The minimum Gasteiger partial charge on any atom is -0.461 e. The van der Waals surface area contributed by atoms with Crippen molar-refractivity contribution >= 4 is 36.0 Å². The van der Waals surface area contributed by atoms with E-state index in [4.69, 9.17) is 9.47 Å². The number of hydrogen-bond acceptors (Lipinski definition) is 6. The minimum absolute atomic E-state index is 0. The minimum atomic E-state index is -0.850. The maximum absolute atomic E-state index is 13.1. The quantitative estimate of drug-likeness (QED) is 0.441. The maximum atomic E-state index is 13.1. The Kier molecular flexibility index (Phi) is 8.98. The number of carbonyl (C=O) groups is 3. The van der Waals surface area contributed by atoms with Gasteiger partial charge in [-0.25, -0.2) is 5.43 Å². The van der Waals surface area contributed by atoms with E-state index in [-0.39, 0.29) is 35.7 Å². The van der Waals surface area contributed by atoms with Crippen LogP contribution in [0.5, 0.6) is 0 Å². The highest BCUT2D eigenvalue weighted by molar-refractivity contribution is 6.38. The van der Waals surface area contributed by atoms with Crippen LogP contribution >= 0.6 is 12.4 Å². The maximum Gasteiger partial charge on any atom is 0.309 e. The van der Waals surface area contributed by atoms with Gasteiger partial charge in [-0.2, -0.15) is 0 Å². The highest BCUT2D eigenvalue weighted by Gasteiger charge is 2.46. The molecule has 4 aliphatic rings. The Labute approximate surface area is 201 Å². The second-order valence-electron chi connectivity index (χ2n) is 9.75. The number of halogens is 1. The molecule has 0 bridgehead atoms. The fourth-order valence-electron chi connectivity index (χ4n) is 5.59. The van der Waals surface area contributed by atoms with Gasteiger partial charge in [0.05, 0.1) is 5.54 Å². The average Bonchev–Trinajstić information content (AvgIpc) is 3.44. The van der Waals surface area contributed by atoms with Crippen LogP contribution in [-0.4, -0.2) is 67.0 Å². The summed E-state index contributed by atoms with van der Waals surface area (Å²) in [4.78, 5) is 40.7. The number of nitrogens with one attached hydrogen (secondary N) is 2. The van der Waals surface area contributed by atoms with Gasteiger partial charge in [-0.15, -0.1) is 17.5 Å². The number of nitrogens with zero attached hydrogens (tertiary/aromatic N) is 2. The molecular weight excluding hydrogens is 448 g/mol. The molecule has 10 heteroatoms. The number of likely N-dealkylation sites (N-methyl/N-ethyl adjacent to an activating group) is 1. The molecule has 2 saturated heterocycles. The highest BCUT2D eigenvalue weighted by atomic mass is 35.5. The third-order valence-corrected chi connectivity index (χ3v) is 7.77. The first-order valence-electron chi connectivity index (χ1n) is 12.2.